The van der Waals surface area contributed by atoms with Crippen molar-refractivity contribution in [3.63, 3.8) is 0 Å². The molecule has 1 N–H and O–H groups in total. The molecule has 0 aromatic rings. The molecule has 0 aromatic carbocycles. The van der Waals surface area contributed by atoms with Crippen LogP contribution >= 0.6 is 0 Å². The van der Waals surface area contributed by atoms with E-state index in [0.717, 1.165) is 12.3 Å². The van der Waals surface area contributed by atoms with Gasteiger partial charge in [0.25, 0.3) is 0 Å². The first kappa shape index (κ1) is 8.75. The van der Waals surface area contributed by atoms with E-state index in [4.69, 9.17) is 0 Å². The minimum Gasteiger partial charge on any atom is -0.352 e. The first-order chi connectivity index (χ1) is 6.47. The highest BCUT2D eigenvalue weighted by Crippen LogP contribution is 2.69. The molecule has 14 heavy (non-hydrogen) atoms. The summed E-state index contributed by atoms with van der Waals surface area (Å²) in [5.74, 6) is 1.70. The summed E-state index contributed by atoms with van der Waals surface area (Å²) < 4.78 is 0. The van der Waals surface area contributed by atoms with Crippen LogP contribution in [-0.4, -0.2) is 11.9 Å². The summed E-state index contributed by atoms with van der Waals surface area (Å²) in [6, 6.07) is 0.476. The Bertz CT molecular complexity index is 309. The van der Waals surface area contributed by atoms with Gasteiger partial charge in [0.2, 0.25) is 5.91 Å². The van der Waals surface area contributed by atoms with Crippen LogP contribution in [0.4, 0.5) is 0 Å². The lowest BCUT2D eigenvalue weighted by molar-refractivity contribution is -0.120. The van der Waals surface area contributed by atoms with E-state index in [1.54, 1.807) is 0 Å². The van der Waals surface area contributed by atoms with Gasteiger partial charge in [0.15, 0.2) is 0 Å². The lowest BCUT2D eigenvalue weighted by atomic mass is 9.69. The van der Waals surface area contributed by atoms with Gasteiger partial charge in [0.1, 0.15) is 0 Å². The molecule has 0 spiro atoms. The van der Waals surface area contributed by atoms with Crippen LogP contribution in [0.2, 0.25) is 0 Å². The van der Waals surface area contributed by atoms with Gasteiger partial charge in [-0.2, -0.15) is 0 Å². The molecule has 1 aliphatic heterocycles. The maximum absolute atomic E-state index is 11.4. The molecule has 4 atom stereocenters. The molecule has 1 amide bonds. The lowest BCUT2D eigenvalue weighted by Gasteiger charge is -2.38. The summed E-state index contributed by atoms with van der Waals surface area (Å²) in [4.78, 5) is 11.4. The molecule has 3 rings (SSSR count). The summed E-state index contributed by atoms with van der Waals surface area (Å²) in [6.07, 6.45) is 3.42. The number of hydrogen-bond acceptors (Lipinski definition) is 1. The second kappa shape index (κ2) is 2.17. The van der Waals surface area contributed by atoms with Gasteiger partial charge < -0.3 is 5.32 Å². The highest BCUT2D eigenvalue weighted by Gasteiger charge is 2.68. The van der Waals surface area contributed by atoms with Crippen molar-refractivity contribution in [1.82, 2.24) is 5.32 Å². The zero-order valence-electron chi connectivity index (χ0n) is 9.26. The second-order valence-corrected chi connectivity index (χ2v) is 6.20. The van der Waals surface area contributed by atoms with Crippen LogP contribution in [0.1, 0.15) is 40.0 Å². The van der Waals surface area contributed by atoms with E-state index in [2.05, 4.69) is 26.1 Å². The van der Waals surface area contributed by atoms with Crippen molar-refractivity contribution < 1.29 is 4.79 Å². The van der Waals surface area contributed by atoms with Crippen molar-refractivity contribution in [3.8, 4) is 0 Å². The Balaban J connectivity index is 2.06. The Labute approximate surface area is 85.4 Å². The number of carbonyl (C=O) groups is 1. The molecule has 0 radical (unpaired) electrons. The van der Waals surface area contributed by atoms with Gasteiger partial charge in [-0.15, -0.1) is 0 Å². The van der Waals surface area contributed by atoms with Gasteiger partial charge in [0, 0.05) is 12.5 Å². The molecule has 0 unspecified atom stereocenters. The maximum atomic E-state index is 11.4. The number of hydrogen-bond donors (Lipinski definition) is 1. The highest BCUT2D eigenvalue weighted by atomic mass is 16.2. The van der Waals surface area contributed by atoms with E-state index in [-0.39, 0.29) is 5.91 Å². The van der Waals surface area contributed by atoms with Crippen molar-refractivity contribution in [2.45, 2.75) is 46.1 Å². The lowest BCUT2D eigenvalue weighted by Crippen LogP contribution is -2.44. The van der Waals surface area contributed by atoms with Gasteiger partial charge in [-0.3, -0.25) is 4.79 Å². The van der Waals surface area contributed by atoms with E-state index >= 15 is 0 Å². The SMILES string of the molecule is CC1(C)[C@@H]2CC[C@@]1(C)[C@H]1NC(=O)C[C@@H]21. The zero-order valence-corrected chi connectivity index (χ0v) is 9.26. The fourth-order valence-corrected chi connectivity index (χ4v) is 4.55. The van der Waals surface area contributed by atoms with Crippen LogP contribution in [0.3, 0.4) is 0 Å². The first-order valence-electron chi connectivity index (χ1n) is 5.76. The normalized spacial score (nSPS) is 53.4. The molecule has 3 aliphatic rings. The predicted molar refractivity (Wildman–Crippen MR) is 54.6 cm³/mol. The van der Waals surface area contributed by atoms with Gasteiger partial charge >= 0.3 is 0 Å². The molecular weight excluding hydrogens is 174 g/mol. The maximum Gasteiger partial charge on any atom is 0.220 e. The third-order valence-electron chi connectivity index (χ3n) is 5.74. The Kier molecular flexibility index (Phi) is 1.36. The quantitative estimate of drug-likeness (QED) is 0.626. The van der Waals surface area contributed by atoms with Gasteiger partial charge in [0.05, 0.1) is 0 Å². The Hall–Kier alpha value is -0.530. The molecule has 2 bridgehead atoms. The summed E-state index contributed by atoms with van der Waals surface area (Å²) >= 11 is 0. The van der Waals surface area contributed by atoms with Gasteiger partial charge in [-0.05, 0) is 35.5 Å². The average molecular weight is 193 g/mol. The standard InChI is InChI=1S/C12H19NO/c1-11(2)8-4-5-12(11,3)10-7(8)6-9(14)13-10/h7-8,10H,4-6H2,1-3H3,(H,13,14)/t7-,8+,10-,12-/m0/s1. The van der Waals surface area contributed by atoms with Gasteiger partial charge in [-0.1, -0.05) is 20.8 Å². The predicted octanol–water partition coefficient (Wildman–Crippen LogP) is 1.95. The molecule has 78 valence electrons. The topological polar surface area (TPSA) is 29.1 Å². The van der Waals surface area contributed by atoms with Crippen molar-refractivity contribution in [2.24, 2.45) is 22.7 Å². The molecule has 3 fully saturated rings. The van der Waals surface area contributed by atoms with Crippen LogP contribution < -0.4 is 5.32 Å². The Morgan fingerprint density at radius 1 is 1.36 bits per heavy atom. The number of carbonyl (C=O) groups excluding carboxylic acids is 1. The molecule has 1 saturated heterocycles. The summed E-state index contributed by atoms with van der Waals surface area (Å²) in [6.45, 7) is 7.17. The van der Waals surface area contributed by atoms with Crippen LogP contribution in [0.15, 0.2) is 0 Å². The smallest absolute Gasteiger partial charge is 0.220 e. The number of fused-ring (bicyclic) bond motifs is 5. The van der Waals surface area contributed by atoms with E-state index < -0.39 is 0 Å². The van der Waals surface area contributed by atoms with Crippen LogP contribution in [-0.2, 0) is 4.79 Å². The molecule has 2 heteroatoms. The largest absolute Gasteiger partial charge is 0.352 e. The molecule has 2 aliphatic carbocycles. The fourth-order valence-electron chi connectivity index (χ4n) is 4.55. The van der Waals surface area contributed by atoms with Crippen molar-refractivity contribution in [1.29, 1.82) is 0 Å². The average Bonchev–Trinajstić information content (AvgIpc) is 2.59. The number of rotatable bonds is 0. The Morgan fingerprint density at radius 2 is 2.07 bits per heavy atom. The zero-order chi connectivity index (χ0) is 10.1. The fraction of sp³-hybridized carbons (Fsp3) is 0.917. The molecule has 1 heterocycles. The minimum absolute atomic E-state index is 0.286. The van der Waals surface area contributed by atoms with Gasteiger partial charge in [-0.25, -0.2) is 0 Å². The van der Waals surface area contributed by atoms with E-state index in [9.17, 15) is 4.79 Å². The monoisotopic (exact) mass is 193 g/mol. The molecule has 0 aromatic heterocycles. The van der Waals surface area contributed by atoms with Crippen LogP contribution in [0, 0.1) is 22.7 Å². The van der Waals surface area contributed by atoms with Crippen molar-refractivity contribution in [2.75, 3.05) is 0 Å². The second-order valence-electron chi connectivity index (χ2n) is 6.20. The van der Waals surface area contributed by atoms with Crippen molar-refractivity contribution >= 4 is 5.91 Å². The minimum atomic E-state index is 0.286. The van der Waals surface area contributed by atoms with Crippen LogP contribution in [0.5, 0.6) is 0 Å². The van der Waals surface area contributed by atoms with Crippen LogP contribution in [0.25, 0.3) is 0 Å². The summed E-state index contributed by atoms with van der Waals surface area (Å²) in [5.41, 5.74) is 0.782. The molecule has 2 nitrogen and oxygen atoms in total. The summed E-state index contributed by atoms with van der Waals surface area (Å²) in [5, 5.41) is 3.20. The third kappa shape index (κ3) is 0.697. The number of amides is 1. The van der Waals surface area contributed by atoms with Crippen molar-refractivity contribution in [3.05, 3.63) is 0 Å². The summed E-state index contributed by atoms with van der Waals surface area (Å²) in [7, 11) is 0. The van der Waals surface area contributed by atoms with E-state index in [1.807, 2.05) is 0 Å². The third-order valence-corrected chi connectivity index (χ3v) is 5.74. The first-order valence-corrected chi connectivity index (χ1v) is 5.76. The molecule has 2 saturated carbocycles. The highest BCUT2D eigenvalue weighted by molar-refractivity contribution is 5.79. The van der Waals surface area contributed by atoms with E-state index in [1.165, 1.54) is 12.8 Å². The van der Waals surface area contributed by atoms with E-state index in [0.29, 0.717) is 22.8 Å². The number of nitrogens with one attached hydrogen (secondary N) is 1. The Morgan fingerprint density at radius 3 is 2.71 bits per heavy atom. The molecular formula is C12H19NO.